The van der Waals surface area contributed by atoms with Crippen LogP contribution in [-0.2, 0) is 11.3 Å². The summed E-state index contributed by atoms with van der Waals surface area (Å²) in [6.07, 6.45) is 10.1. The predicted molar refractivity (Wildman–Crippen MR) is 97.1 cm³/mol. The summed E-state index contributed by atoms with van der Waals surface area (Å²) in [5.74, 6) is 1.20. The highest BCUT2D eigenvalue weighted by molar-refractivity contribution is 5.01. The van der Waals surface area contributed by atoms with Crippen molar-refractivity contribution in [1.82, 2.24) is 19.8 Å². The molecule has 0 bridgehead atoms. The second-order valence-electron chi connectivity index (χ2n) is 8.64. The molecule has 1 aliphatic heterocycles. The second-order valence-corrected chi connectivity index (χ2v) is 8.64. The Balaban J connectivity index is 1.58. The highest BCUT2D eigenvalue weighted by Gasteiger charge is 2.46. The monoisotopic (exact) mass is 334 g/mol. The van der Waals surface area contributed by atoms with Gasteiger partial charge in [0, 0.05) is 31.5 Å². The molecule has 0 aromatic carbocycles. The van der Waals surface area contributed by atoms with E-state index in [1.54, 1.807) is 0 Å². The molecule has 0 radical (unpaired) electrons. The lowest BCUT2D eigenvalue weighted by Gasteiger charge is -2.38. The highest BCUT2D eigenvalue weighted by Crippen LogP contribution is 2.48. The van der Waals surface area contributed by atoms with Crippen LogP contribution in [0.2, 0.25) is 0 Å². The van der Waals surface area contributed by atoms with Crippen LogP contribution >= 0.6 is 0 Å². The van der Waals surface area contributed by atoms with Gasteiger partial charge < -0.3 is 14.6 Å². The molecule has 2 aliphatic rings. The van der Waals surface area contributed by atoms with Crippen molar-refractivity contribution in [2.45, 2.75) is 64.1 Å². The lowest BCUT2D eigenvalue weighted by Crippen LogP contribution is -2.35. The number of ether oxygens (including phenoxy) is 1. The third-order valence-corrected chi connectivity index (χ3v) is 5.73. The number of imidazole rings is 1. The summed E-state index contributed by atoms with van der Waals surface area (Å²) in [5.41, 5.74) is 0.507. The van der Waals surface area contributed by atoms with Crippen LogP contribution in [0, 0.1) is 5.41 Å². The van der Waals surface area contributed by atoms with E-state index in [1.165, 1.54) is 37.9 Å². The minimum absolute atomic E-state index is 0.157. The second kappa shape index (κ2) is 7.14. The first-order valence-electron chi connectivity index (χ1n) is 9.42. The van der Waals surface area contributed by atoms with Crippen molar-refractivity contribution in [1.29, 1.82) is 0 Å². The van der Waals surface area contributed by atoms with Gasteiger partial charge in [-0.05, 0) is 51.6 Å². The summed E-state index contributed by atoms with van der Waals surface area (Å²) < 4.78 is 8.68. The smallest absolute Gasteiger partial charge is 0.123 e. The molecule has 1 saturated carbocycles. The first-order valence-corrected chi connectivity index (χ1v) is 9.42. The Labute approximate surface area is 146 Å². The van der Waals surface area contributed by atoms with Crippen LogP contribution in [0.15, 0.2) is 12.4 Å². The van der Waals surface area contributed by atoms with Gasteiger partial charge in [0.25, 0.3) is 0 Å². The van der Waals surface area contributed by atoms with Crippen LogP contribution in [0.3, 0.4) is 0 Å². The van der Waals surface area contributed by atoms with Crippen molar-refractivity contribution in [3.63, 3.8) is 0 Å². The Kier molecular flexibility index (Phi) is 5.33. The summed E-state index contributed by atoms with van der Waals surface area (Å²) in [6.45, 7) is 8.56. The molecule has 1 N–H and O–H groups in total. The lowest BCUT2D eigenvalue weighted by atomic mass is 9.75. The van der Waals surface area contributed by atoms with E-state index in [-0.39, 0.29) is 5.60 Å². The van der Waals surface area contributed by atoms with Crippen molar-refractivity contribution >= 4 is 0 Å². The molecule has 3 rings (SSSR count). The number of nitrogens with zero attached hydrogens (tertiary/aromatic N) is 3. The van der Waals surface area contributed by atoms with Gasteiger partial charge in [-0.1, -0.05) is 13.8 Å². The number of rotatable bonds is 6. The average Bonchev–Trinajstić information content (AvgIpc) is 3.11. The molecule has 1 aromatic heterocycles. The van der Waals surface area contributed by atoms with Gasteiger partial charge in [0.05, 0.1) is 18.8 Å². The third-order valence-electron chi connectivity index (χ3n) is 5.73. The quantitative estimate of drug-likeness (QED) is 0.869. The fraction of sp³-hybridized carbons (Fsp3) is 0.842. The van der Waals surface area contributed by atoms with Gasteiger partial charge in [-0.2, -0.15) is 0 Å². The predicted octanol–water partition coefficient (Wildman–Crippen LogP) is 2.83. The maximum Gasteiger partial charge on any atom is 0.123 e. The van der Waals surface area contributed by atoms with Crippen molar-refractivity contribution in [2.75, 3.05) is 33.8 Å². The normalized spacial score (nSPS) is 29.6. The van der Waals surface area contributed by atoms with Gasteiger partial charge in [-0.15, -0.1) is 0 Å². The first kappa shape index (κ1) is 17.9. The summed E-state index contributed by atoms with van der Waals surface area (Å²) in [6, 6.07) is 0.582. The van der Waals surface area contributed by atoms with Gasteiger partial charge >= 0.3 is 0 Å². The van der Waals surface area contributed by atoms with Crippen LogP contribution in [0.1, 0.15) is 57.8 Å². The van der Waals surface area contributed by atoms with E-state index in [2.05, 4.69) is 46.9 Å². The molecule has 0 unspecified atom stereocenters. The molecule has 2 fully saturated rings. The minimum Gasteiger partial charge on any atom is -0.374 e. The Morgan fingerprint density at radius 2 is 2.12 bits per heavy atom. The largest absolute Gasteiger partial charge is 0.374 e. The molecule has 1 aliphatic carbocycles. The Bertz CT molecular complexity index is 531. The maximum absolute atomic E-state index is 6.26. The van der Waals surface area contributed by atoms with Crippen molar-refractivity contribution in [3.8, 4) is 0 Å². The first-order chi connectivity index (χ1) is 11.4. The van der Waals surface area contributed by atoms with Gasteiger partial charge in [-0.25, -0.2) is 4.98 Å². The van der Waals surface area contributed by atoms with Crippen LogP contribution in [-0.4, -0.2) is 53.8 Å². The van der Waals surface area contributed by atoms with E-state index in [4.69, 9.17) is 4.74 Å². The molecule has 5 nitrogen and oxygen atoms in total. The number of hydrogen-bond acceptors (Lipinski definition) is 4. The third kappa shape index (κ3) is 4.01. The fourth-order valence-corrected chi connectivity index (χ4v) is 4.47. The zero-order chi connectivity index (χ0) is 17.2. The number of likely N-dealkylation sites (N-methyl/N-ethyl adjacent to an activating group) is 2. The van der Waals surface area contributed by atoms with E-state index in [0.29, 0.717) is 11.5 Å². The molecular weight excluding hydrogens is 300 g/mol. The topological polar surface area (TPSA) is 42.3 Å². The van der Waals surface area contributed by atoms with Crippen LogP contribution in [0.4, 0.5) is 0 Å². The van der Waals surface area contributed by atoms with Gasteiger partial charge in [0.15, 0.2) is 0 Å². The molecule has 2 heterocycles. The summed E-state index contributed by atoms with van der Waals surface area (Å²) in [4.78, 5) is 6.96. The molecule has 1 spiro atoms. The van der Waals surface area contributed by atoms with Gasteiger partial charge in [0.2, 0.25) is 0 Å². The molecule has 0 atom stereocenters. The molecular formula is C19H34N4O. The number of nitrogens with one attached hydrogen (secondary N) is 1. The van der Waals surface area contributed by atoms with E-state index >= 15 is 0 Å². The minimum atomic E-state index is 0.157. The zero-order valence-electron chi connectivity index (χ0n) is 15.8. The van der Waals surface area contributed by atoms with Crippen LogP contribution in [0.25, 0.3) is 0 Å². The van der Waals surface area contributed by atoms with E-state index in [9.17, 15) is 0 Å². The van der Waals surface area contributed by atoms with E-state index in [0.717, 1.165) is 26.2 Å². The number of aromatic nitrogens is 2. The van der Waals surface area contributed by atoms with E-state index in [1.807, 2.05) is 13.2 Å². The van der Waals surface area contributed by atoms with Crippen molar-refractivity contribution in [2.24, 2.45) is 5.41 Å². The molecule has 5 heteroatoms. The van der Waals surface area contributed by atoms with Crippen molar-refractivity contribution < 1.29 is 4.74 Å². The Morgan fingerprint density at radius 1 is 1.38 bits per heavy atom. The zero-order valence-corrected chi connectivity index (χ0v) is 15.8. The van der Waals surface area contributed by atoms with E-state index < -0.39 is 0 Å². The fourth-order valence-electron chi connectivity index (χ4n) is 4.47. The Morgan fingerprint density at radius 3 is 2.75 bits per heavy atom. The summed E-state index contributed by atoms with van der Waals surface area (Å²) in [5, 5.41) is 3.21. The summed E-state index contributed by atoms with van der Waals surface area (Å²) >= 11 is 0. The Hall–Kier alpha value is -0.910. The van der Waals surface area contributed by atoms with Crippen LogP contribution < -0.4 is 5.32 Å². The lowest BCUT2D eigenvalue weighted by molar-refractivity contribution is -0.0345. The van der Waals surface area contributed by atoms with Crippen molar-refractivity contribution in [3.05, 3.63) is 18.2 Å². The standard InChI is InChI=1S/C19H34N4O/c1-18(2)14-19(24-15-18)7-5-16(6-8-19)23-12-10-21-17(23)13-22(4)11-9-20-3/h10,12,16,20H,5-9,11,13-15H2,1-4H3/t16-,19-. The van der Waals surface area contributed by atoms with Gasteiger partial charge in [0.1, 0.15) is 5.82 Å². The average molecular weight is 335 g/mol. The molecule has 0 amide bonds. The molecule has 24 heavy (non-hydrogen) atoms. The van der Waals surface area contributed by atoms with Crippen LogP contribution in [0.5, 0.6) is 0 Å². The molecule has 136 valence electrons. The summed E-state index contributed by atoms with van der Waals surface area (Å²) in [7, 11) is 4.17. The molecule has 1 saturated heterocycles. The maximum atomic E-state index is 6.26. The number of hydrogen-bond donors (Lipinski definition) is 1. The van der Waals surface area contributed by atoms with Gasteiger partial charge in [-0.3, -0.25) is 4.90 Å². The SMILES string of the molecule is CNCCN(C)Cc1nccn1[C@H]1CC[C@]2(CC1)CC(C)(C)CO2. The molecule has 1 aromatic rings. The highest BCUT2D eigenvalue weighted by atomic mass is 16.5.